The van der Waals surface area contributed by atoms with E-state index in [1.807, 2.05) is 34.6 Å². The molecule has 1 amide bonds. The van der Waals surface area contributed by atoms with Crippen molar-refractivity contribution in [3.63, 3.8) is 0 Å². The Morgan fingerprint density at radius 2 is 2.11 bits per heavy atom. The maximum atomic E-state index is 12.2. The van der Waals surface area contributed by atoms with Crippen molar-refractivity contribution in [2.45, 2.75) is 71.6 Å². The average Bonchev–Trinajstić information content (AvgIpc) is 2.26. The predicted molar refractivity (Wildman–Crippen MR) is 74.8 cm³/mol. The Balaban J connectivity index is 2.57. The lowest BCUT2D eigenvalue weighted by Gasteiger charge is -2.32. The van der Waals surface area contributed by atoms with Crippen LogP contribution in [0.2, 0.25) is 0 Å². The van der Waals surface area contributed by atoms with Crippen LogP contribution in [-0.2, 0) is 9.47 Å². The lowest BCUT2D eigenvalue weighted by Crippen LogP contribution is -2.52. The zero-order valence-electron chi connectivity index (χ0n) is 12.9. The molecule has 1 heterocycles. The zero-order chi connectivity index (χ0) is 14.5. The first-order chi connectivity index (χ1) is 8.78. The van der Waals surface area contributed by atoms with Gasteiger partial charge < -0.3 is 9.47 Å². The van der Waals surface area contributed by atoms with E-state index < -0.39 is 5.60 Å². The van der Waals surface area contributed by atoms with Gasteiger partial charge in [0, 0.05) is 12.6 Å². The van der Waals surface area contributed by atoms with Gasteiger partial charge in [0.25, 0.3) is 0 Å². The summed E-state index contributed by atoms with van der Waals surface area (Å²) in [5.41, 5.74) is 2.64. The van der Waals surface area contributed by atoms with Crippen molar-refractivity contribution in [2.24, 2.45) is 0 Å². The van der Waals surface area contributed by atoms with E-state index in [1.54, 1.807) is 5.01 Å². The summed E-state index contributed by atoms with van der Waals surface area (Å²) in [6.45, 7) is 10.9. The van der Waals surface area contributed by atoms with Crippen molar-refractivity contribution in [3.8, 4) is 0 Å². The monoisotopic (exact) mass is 272 g/mol. The largest absolute Gasteiger partial charge is 0.443 e. The highest BCUT2D eigenvalue weighted by atomic mass is 16.6. The maximum Gasteiger partial charge on any atom is 0.424 e. The van der Waals surface area contributed by atoms with Crippen LogP contribution in [0.4, 0.5) is 4.79 Å². The smallest absolute Gasteiger partial charge is 0.424 e. The van der Waals surface area contributed by atoms with Crippen LogP contribution in [0.3, 0.4) is 0 Å². The molecule has 1 rings (SSSR count). The van der Waals surface area contributed by atoms with Gasteiger partial charge >= 0.3 is 6.09 Å². The Hall–Kier alpha value is -0.810. The molecule has 0 aliphatic carbocycles. The topological polar surface area (TPSA) is 50.8 Å². The van der Waals surface area contributed by atoms with Crippen molar-refractivity contribution in [1.29, 1.82) is 0 Å². The van der Waals surface area contributed by atoms with Crippen LogP contribution in [0, 0.1) is 0 Å². The van der Waals surface area contributed by atoms with Crippen molar-refractivity contribution in [3.05, 3.63) is 0 Å². The Morgan fingerprint density at radius 1 is 1.42 bits per heavy atom. The highest BCUT2D eigenvalue weighted by Crippen LogP contribution is 2.15. The second-order valence-corrected chi connectivity index (χ2v) is 6.36. The lowest BCUT2D eigenvalue weighted by molar-refractivity contribution is -0.0330. The molecule has 0 radical (unpaired) electrons. The van der Waals surface area contributed by atoms with Gasteiger partial charge in [-0.2, -0.15) is 0 Å². The lowest BCUT2D eigenvalue weighted by atomic mass is 10.1. The fourth-order valence-electron chi connectivity index (χ4n) is 1.96. The molecule has 1 aliphatic rings. The molecule has 1 fully saturated rings. The Bertz CT molecular complexity index is 281. The summed E-state index contributed by atoms with van der Waals surface area (Å²) in [6, 6.07) is 0.177. The fraction of sp³-hybridized carbons (Fsp3) is 0.929. The normalized spacial score (nSPS) is 20.4. The third-order valence-corrected chi connectivity index (χ3v) is 2.69. The van der Waals surface area contributed by atoms with Crippen LogP contribution in [-0.4, -0.2) is 42.0 Å². The quantitative estimate of drug-likeness (QED) is 0.799. The number of nitrogens with zero attached hydrogens (tertiary/aromatic N) is 1. The number of carbonyl (C=O) groups is 1. The minimum absolute atomic E-state index is 0.104. The van der Waals surface area contributed by atoms with Gasteiger partial charge in [0.2, 0.25) is 0 Å². The number of rotatable bonds is 4. The van der Waals surface area contributed by atoms with Crippen LogP contribution in [0.5, 0.6) is 0 Å². The molecule has 1 unspecified atom stereocenters. The summed E-state index contributed by atoms with van der Waals surface area (Å²) < 4.78 is 11.1. The predicted octanol–water partition coefficient (Wildman–Crippen LogP) is 2.71. The van der Waals surface area contributed by atoms with Crippen molar-refractivity contribution in [2.75, 3.05) is 13.2 Å². The van der Waals surface area contributed by atoms with Crippen LogP contribution in [0.15, 0.2) is 0 Å². The Morgan fingerprint density at radius 3 is 2.58 bits per heavy atom. The summed E-state index contributed by atoms with van der Waals surface area (Å²) >= 11 is 0. The highest BCUT2D eigenvalue weighted by Gasteiger charge is 2.26. The summed E-state index contributed by atoms with van der Waals surface area (Å²) in [5, 5.41) is 1.55. The summed E-state index contributed by atoms with van der Waals surface area (Å²) in [4.78, 5) is 12.2. The number of hydrogen-bond acceptors (Lipinski definition) is 4. The Kier molecular flexibility index (Phi) is 6.07. The molecule has 1 atom stereocenters. The zero-order valence-corrected chi connectivity index (χ0v) is 12.9. The van der Waals surface area contributed by atoms with Crippen molar-refractivity contribution in [1.82, 2.24) is 10.4 Å². The highest BCUT2D eigenvalue weighted by molar-refractivity contribution is 5.67. The number of hydrazine groups is 1. The summed E-state index contributed by atoms with van der Waals surface area (Å²) in [7, 11) is 0. The van der Waals surface area contributed by atoms with Crippen LogP contribution in [0.1, 0.15) is 53.9 Å². The minimum atomic E-state index is -0.485. The van der Waals surface area contributed by atoms with Gasteiger partial charge in [-0.15, -0.1) is 0 Å². The molecule has 0 bridgehead atoms. The molecule has 1 saturated heterocycles. The van der Waals surface area contributed by atoms with Crippen LogP contribution < -0.4 is 5.43 Å². The molecule has 0 saturated carbocycles. The summed E-state index contributed by atoms with van der Waals surface area (Å²) in [5.74, 6) is 0. The standard InChI is InChI=1S/C14H28N2O3/c1-11(2)15-16(13(17)19-14(3,4)5)10-12-8-6-7-9-18-12/h11-12,15H,6-10H2,1-5H3. The molecule has 0 aromatic carbocycles. The third-order valence-electron chi connectivity index (χ3n) is 2.69. The number of ether oxygens (including phenoxy) is 2. The number of carbonyl (C=O) groups excluding carboxylic acids is 1. The van der Waals surface area contributed by atoms with E-state index in [1.165, 1.54) is 0 Å². The average molecular weight is 272 g/mol. The Labute approximate surface area is 116 Å². The first-order valence-corrected chi connectivity index (χ1v) is 7.16. The van der Waals surface area contributed by atoms with Crippen molar-refractivity contribution < 1.29 is 14.3 Å². The van der Waals surface area contributed by atoms with E-state index >= 15 is 0 Å². The van der Waals surface area contributed by atoms with Gasteiger partial charge in [0.05, 0.1) is 12.6 Å². The number of amides is 1. The third kappa shape index (κ3) is 6.78. The molecule has 1 aliphatic heterocycles. The number of nitrogens with one attached hydrogen (secondary N) is 1. The van der Waals surface area contributed by atoms with E-state index in [2.05, 4.69) is 5.43 Å². The fourth-order valence-corrected chi connectivity index (χ4v) is 1.96. The van der Waals surface area contributed by atoms with E-state index in [9.17, 15) is 4.79 Å². The molecule has 5 heteroatoms. The number of hydrogen-bond donors (Lipinski definition) is 1. The second kappa shape index (κ2) is 7.10. The molecule has 0 spiro atoms. The molecule has 19 heavy (non-hydrogen) atoms. The molecular formula is C14H28N2O3. The van der Waals surface area contributed by atoms with E-state index in [0.717, 1.165) is 25.9 Å². The second-order valence-electron chi connectivity index (χ2n) is 6.36. The molecule has 5 nitrogen and oxygen atoms in total. The SMILES string of the molecule is CC(C)NN(CC1CCCCO1)C(=O)OC(C)(C)C. The maximum absolute atomic E-state index is 12.2. The molecule has 1 N–H and O–H groups in total. The van der Waals surface area contributed by atoms with Gasteiger partial charge in [-0.1, -0.05) is 0 Å². The molecule has 112 valence electrons. The first kappa shape index (κ1) is 16.2. The van der Waals surface area contributed by atoms with Crippen LogP contribution in [0.25, 0.3) is 0 Å². The van der Waals surface area contributed by atoms with Gasteiger partial charge in [-0.05, 0) is 53.9 Å². The minimum Gasteiger partial charge on any atom is -0.443 e. The van der Waals surface area contributed by atoms with Gasteiger partial charge in [0.1, 0.15) is 5.60 Å². The van der Waals surface area contributed by atoms with Crippen molar-refractivity contribution >= 4 is 6.09 Å². The molecular weight excluding hydrogens is 244 g/mol. The summed E-state index contributed by atoms with van der Waals surface area (Å²) in [6.07, 6.45) is 3.04. The van der Waals surface area contributed by atoms with Crippen LogP contribution >= 0.6 is 0 Å². The first-order valence-electron chi connectivity index (χ1n) is 7.16. The van der Waals surface area contributed by atoms with E-state index in [-0.39, 0.29) is 18.2 Å². The van der Waals surface area contributed by atoms with Gasteiger partial charge in [-0.3, -0.25) is 0 Å². The van der Waals surface area contributed by atoms with E-state index in [0.29, 0.717) is 6.54 Å². The van der Waals surface area contributed by atoms with E-state index in [4.69, 9.17) is 9.47 Å². The molecule has 0 aromatic rings. The van der Waals surface area contributed by atoms with Gasteiger partial charge in [-0.25, -0.2) is 15.2 Å². The van der Waals surface area contributed by atoms with Gasteiger partial charge in [0.15, 0.2) is 0 Å². The molecule has 0 aromatic heterocycles.